The Balaban J connectivity index is 1.40. The zero-order valence-corrected chi connectivity index (χ0v) is 17.1. The number of anilines is 1. The maximum absolute atomic E-state index is 12.2. The standard InChI is InChI=1S/C20H26F3N5O3/c21-20(22,23)19(30)31-18(29)14-26-7-5-17(6-8-26)28-11-9-27(10-12-28)16-3-1-15(2-4-16)13-25-24/h1-4,13,17H,5-12,14,24H2/b25-13+. The van der Waals surface area contributed by atoms with Crippen LogP contribution in [0.5, 0.6) is 0 Å². The molecule has 0 aliphatic carbocycles. The van der Waals surface area contributed by atoms with Crippen LogP contribution in [0, 0.1) is 0 Å². The fraction of sp³-hybridized carbons (Fsp3) is 0.550. The molecule has 2 fully saturated rings. The van der Waals surface area contributed by atoms with Crippen molar-refractivity contribution in [1.29, 1.82) is 0 Å². The summed E-state index contributed by atoms with van der Waals surface area (Å²) in [4.78, 5) is 28.8. The van der Waals surface area contributed by atoms with Crippen molar-refractivity contribution >= 4 is 23.8 Å². The number of esters is 2. The highest BCUT2D eigenvalue weighted by Crippen LogP contribution is 2.22. The average molecular weight is 441 g/mol. The smallest absolute Gasteiger partial charge is 0.385 e. The van der Waals surface area contributed by atoms with Gasteiger partial charge in [0, 0.05) is 51.0 Å². The Morgan fingerprint density at radius 2 is 1.68 bits per heavy atom. The first-order valence-electron chi connectivity index (χ1n) is 10.1. The van der Waals surface area contributed by atoms with E-state index in [1.807, 2.05) is 24.3 Å². The zero-order chi connectivity index (χ0) is 22.4. The summed E-state index contributed by atoms with van der Waals surface area (Å²) in [6.07, 6.45) is -1.94. The fourth-order valence-electron chi connectivity index (χ4n) is 4.02. The van der Waals surface area contributed by atoms with Crippen LogP contribution in [0.25, 0.3) is 0 Å². The van der Waals surface area contributed by atoms with Crippen molar-refractivity contribution in [3.8, 4) is 0 Å². The van der Waals surface area contributed by atoms with Crippen molar-refractivity contribution in [2.75, 3.05) is 50.7 Å². The second-order valence-corrected chi connectivity index (χ2v) is 7.66. The maximum atomic E-state index is 12.2. The minimum Gasteiger partial charge on any atom is -0.385 e. The second-order valence-electron chi connectivity index (χ2n) is 7.66. The van der Waals surface area contributed by atoms with Crippen molar-refractivity contribution in [2.24, 2.45) is 10.9 Å². The van der Waals surface area contributed by atoms with Crippen LogP contribution in [0.15, 0.2) is 29.4 Å². The quantitative estimate of drug-likeness (QED) is 0.241. The van der Waals surface area contributed by atoms with E-state index in [2.05, 4.69) is 19.6 Å². The summed E-state index contributed by atoms with van der Waals surface area (Å²) in [5.41, 5.74) is 2.10. The van der Waals surface area contributed by atoms with Crippen molar-refractivity contribution in [3.05, 3.63) is 29.8 Å². The maximum Gasteiger partial charge on any atom is 0.491 e. The van der Waals surface area contributed by atoms with Crippen molar-refractivity contribution in [3.63, 3.8) is 0 Å². The molecule has 0 amide bonds. The van der Waals surface area contributed by atoms with Gasteiger partial charge in [0.05, 0.1) is 12.8 Å². The SMILES string of the molecule is N/N=C/c1ccc(N2CCN(C3CCN(CC(=O)OC(=O)C(F)(F)F)CC3)CC2)cc1. The Morgan fingerprint density at radius 1 is 1.06 bits per heavy atom. The molecule has 11 heteroatoms. The second kappa shape index (κ2) is 10.1. The number of alkyl halides is 3. The molecular weight excluding hydrogens is 415 g/mol. The number of rotatable bonds is 5. The number of nitrogens with zero attached hydrogens (tertiary/aromatic N) is 4. The van der Waals surface area contributed by atoms with Gasteiger partial charge in [0.2, 0.25) is 0 Å². The molecule has 1 aromatic carbocycles. The van der Waals surface area contributed by atoms with E-state index >= 15 is 0 Å². The van der Waals surface area contributed by atoms with Gasteiger partial charge in [-0.3, -0.25) is 14.6 Å². The molecule has 3 rings (SSSR count). The molecule has 2 N–H and O–H groups in total. The topological polar surface area (TPSA) is 91.5 Å². The molecule has 0 unspecified atom stereocenters. The van der Waals surface area contributed by atoms with E-state index in [0.29, 0.717) is 19.1 Å². The number of hydrazone groups is 1. The molecule has 2 saturated heterocycles. The number of nitrogens with two attached hydrogens (primary N) is 1. The van der Waals surface area contributed by atoms with Gasteiger partial charge in [0.15, 0.2) is 0 Å². The van der Waals surface area contributed by atoms with E-state index in [4.69, 9.17) is 5.84 Å². The molecule has 0 spiro atoms. The van der Waals surface area contributed by atoms with Gasteiger partial charge in [-0.1, -0.05) is 12.1 Å². The van der Waals surface area contributed by atoms with Gasteiger partial charge in [-0.2, -0.15) is 18.3 Å². The normalized spacial score (nSPS) is 19.6. The van der Waals surface area contributed by atoms with E-state index in [-0.39, 0.29) is 6.54 Å². The molecular formula is C20H26F3N5O3. The van der Waals surface area contributed by atoms with Gasteiger partial charge in [-0.05, 0) is 30.5 Å². The molecule has 0 atom stereocenters. The molecule has 0 aromatic heterocycles. The van der Waals surface area contributed by atoms with E-state index in [1.54, 1.807) is 11.1 Å². The number of benzene rings is 1. The summed E-state index contributed by atoms with van der Waals surface area (Å²) in [6, 6.07) is 8.42. The van der Waals surface area contributed by atoms with Crippen LogP contribution in [-0.2, 0) is 14.3 Å². The average Bonchev–Trinajstić information content (AvgIpc) is 2.74. The number of piperazine rings is 1. The molecule has 2 heterocycles. The highest BCUT2D eigenvalue weighted by Gasteiger charge is 2.42. The summed E-state index contributed by atoms with van der Waals surface area (Å²) in [5.74, 6) is 1.53. The number of carbonyl (C=O) groups excluding carboxylic acids is 2. The minimum absolute atomic E-state index is 0.312. The van der Waals surface area contributed by atoms with Crippen LogP contribution in [0.3, 0.4) is 0 Å². The van der Waals surface area contributed by atoms with E-state index in [9.17, 15) is 22.8 Å². The Kier molecular flexibility index (Phi) is 7.50. The molecule has 2 aliphatic rings. The summed E-state index contributed by atoms with van der Waals surface area (Å²) >= 11 is 0. The number of hydrogen-bond donors (Lipinski definition) is 1. The Hall–Kier alpha value is -2.66. The minimum atomic E-state index is -5.16. The number of carbonyl (C=O) groups is 2. The molecule has 0 bridgehead atoms. The first-order valence-corrected chi connectivity index (χ1v) is 10.1. The van der Waals surface area contributed by atoms with Crippen LogP contribution in [0.4, 0.5) is 18.9 Å². The van der Waals surface area contributed by atoms with Crippen molar-refractivity contribution < 1.29 is 27.5 Å². The molecule has 0 saturated carbocycles. The molecule has 170 valence electrons. The van der Waals surface area contributed by atoms with Gasteiger partial charge in [-0.25, -0.2) is 4.79 Å². The van der Waals surface area contributed by atoms with E-state index in [0.717, 1.165) is 50.3 Å². The van der Waals surface area contributed by atoms with Gasteiger partial charge in [0.1, 0.15) is 0 Å². The van der Waals surface area contributed by atoms with Crippen LogP contribution in [0.1, 0.15) is 18.4 Å². The number of piperidine rings is 1. The Morgan fingerprint density at radius 3 is 2.23 bits per heavy atom. The molecule has 31 heavy (non-hydrogen) atoms. The van der Waals surface area contributed by atoms with E-state index in [1.165, 1.54) is 0 Å². The largest absolute Gasteiger partial charge is 0.491 e. The molecule has 1 aromatic rings. The van der Waals surface area contributed by atoms with Gasteiger partial charge < -0.3 is 15.5 Å². The first kappa shape index (κ1) is 23.0. The van der Waals surface area contributed by atoms with Gasteiger partial charge >= 0.3 is 18.1 Å². The summed E-state index contributed by atoms with van der Waals surface area (Å²) < 4.78 is 40.4. The lowest BCUT2D eigenvalue weighted by Crippen LogP contribution is -2.53. The Bertz CT molecular complexity index is 784. The fourth-order valence-corrected chi connectivity index (χ4v) is 4.02. The lowest BCUT2D eigenvalue weighted by Gasteiger charge is -2.43. The van der Waals surface area contributed by atoms with Gasteiger partial charge in [-0.15, -0.1) is 0 Å². The van der Waals surface area contributed by atoms with Gasteiger partial charge in [0.25, 0.3) is 0 Å². The summed E-state index contributed by atoms with van der Waals surface area (Å²) in [5, 5.41) is 3.52. The third kappa shape index (κ3) is 6.41. The zero-order valence-electron chi connectivity index (χ0n) is 17.1. The lowest BCUT2D eigenvalue weighted by molar-refractivity contribution is -0.202. The van der Waals surface area contributed by atoms with Crippen molar-refractivity contribution in [2.45, 2.75) is 25.1 Å². The molecule has 8 nitrogen and oxygen atoms in total. The molecule has 2 aliphatic heterocycles. The third-order valence-electron chi connectivity index (χ3n) is 5.66. The lowest BCUT2D eigenvalue weighted by atomic mass is 10.0. The van der Waals surface area contributed by atoms with Crippen LogP contribution >= 0.6 is 0 Å². The number of halogens is 3. The summed E-state index contributed by atoms with van der Waals surface area (Å²) in [6.45, 7) is 4.46. The number of likely N-dealkylation sites (tertiary alicyclic amines) is 1. The van der Waals surface area contributed by atoms with E-state index < -0.39 is 18.1 Å². The predicted molar refractivity (Wildman–Crippen MR) is 109 cm³/mol. The van der Waals surface area contributed by atoms with Crippen LogP contribution in [-0.4, -0.2) is 86.0 Å². The predicted octanol–water partition coefficient (Wildman–Crippen LogP) is 1.20. The highest BCUT2D eigenvalue weighted by atomic mass is 19.4. The monoisotopic (exact) mass is 441 g/mol. The van der Waals surface area contributed by atoms with Crippen molar-refractivity contribution in [1.82, 2.24) is 9.80 Å². The third-order valence-corrected chi connectivity index (χ3v) is 5.66. The highest BCUT2D eigenvalue weighted by molar-refractivity contribution is 5.89. The summed E-state index contributed by atoms with van der Waals surface area (Å²) in [7, 11) is 0. The van der Waals surface area contributed by atoms with Crippen LogP contribution < -0.4 is 10.7 Å². The molecule has 0 radical (unpaired) electrons. The van der Waals surface area contributed by atoms with Crippen LogP contribution in [0.2, 0.25) is 0 Å². The first-order chi connectivity index (χ1) is 14.8. The number of ether oxygens (including phenoxy) is 1. The Labute approximate surface area is 178 Å². The number of hydrogen-bond acceptors (Lipinski definition) is 8.